The second-order valence-electron chi connectivity index (χ2n) is 6.48. The number of nitrogens with one attached hydrogen (secondary N) is 2. The Kier molecular flexibility index (Phi) is 6.79. The fraction of sp³-hybridized carbons (Fsp3) is 0.263. The summed E-state index contributed by atoms with van der Waals surface area (Å²) >= 11 is 7.13. The number of hydrogen-bond donors (Lipinski definition) is 2. The molecule has 0 aliphatic carbocycles. The van der Waals surface area contributed by atoms with E-state index in [4.69, 9.17) is 11.6 Å². The number of thiophene rings is 1. The number of nitrogens with zero attached hydrogens (tertiary/aromatic N) is 1. The largest absolute Gasteiger partial charge is 0.326 e. The van der Waals surface area contributed by atoms with Crippen LogP contribution in [0.25, 0.3) is 0 Å². The summed E-state index contributed by atoms with van der Waals surface area (Å²) in [6, 6.07) is 7.40. The number of carbonyl (C=O) groups excluding carboxylic acids is 2. The smallest absolute Gasteiger partial charge is 0.275 e. The van der Waals surface area contributed by atoms with Crippen molar-refractivity contribution in [2.75, 3.05) is 22.5 Å². The van der Waals surface area contributed by atoms with Gasteiger partial charge in [0, 0.05) is 23.5 Å². The van der Waals surface area contributed by atoms with Gasteiger partial charge in [-0.2, -0.15) is 0 Å². The molecule has 0 radical (unpaired) electrons. The van der Waals surface area contributed by atoms with Gasteiger partial charge in [-0.05, 0) is 42.8 Å². The van der Waals surface area contributed by atoms with Crippen molar-refractivity contribution in [3.05, 3.63) is 57.1 Å². The zero-order valence-corrected chi connectivity index (χ0v) is 18.3. The topological polar surface area (TPSA) is 95.6 Å². The Morgan fingerprint density at radius 1 is 1.30 bits per heavy atom. The average molecular weight is 472 g/mol. The standard InChI is InChI=1S/C19H19ClFN3O4S2/c1-2-18(25)22-12-3-5-16(14(21)11-12)24-9-7-15(19(24)26)23-30(27,28)10-8-13-4-6-17(20)29-13/h3-7,11,23H,2,8-10H2,1H3,(H,22,25). The second-order valence-corrected chi connectivity index (χ2v) is 10.1. The summed E-state index contributed by atoms with van der Waals surface area (Å²) in [5.74, 6) is -1.83. The quantitative estimate of drug-likeness (QED) is 0.617. The van der Waals surface area contributed by atoms with E-state index in [0.717, 1.165) is 15.8 Å². The Labute approximate surface area is 182 Å². The molecule has 0 atom stereocenters. The van der Waals surface area contributed by atoms with Crippen molar-refractivity contribution >= 4 is 56.2 Å². The number of benzene rings is 1. The fourth-order valence-electron chi connectivity index (χ4n) is 2.78. The van der Waals surface area contributed by atoms with Crippen molar-refractivity contribution in [3.63, 3.8) is 0 Å². The van der Waals surface area contributed by atoms with E-state index in [1.54, 1.807) is 19.1 Å². The highest BCUT2D eigenvalue weighted by atomic mass is 35.5. The van der Waals surface area contributed by atoms with Gasteiger partial charge in [-0.1, -0.05) is 18.5 Å². The van der Waals surface area contributed by atoms with E-state index in [9.17, 15) is 22.4 Å². The van der Waals surface area contributed by atoms with Gasteiger partial charge in [0.25, 0.3) is 5.91 Å². The molecule has 2 amide bonds. The average Bonchev–Trinajstić information content (AvgIpc) is 3.26. The molecule has 0 unspecified atom stereocenters. The van der Waals surface area contributed by atoms with E-state index in [0.29, 0.717) is 4.34 Å². The normalized spacial score (nSPS) is 14.0. The first-order valence-corrected chi connectivity index (χ1v) is 11.9. The molecule has 0 bridgehead atoms. The molecule has 160 valence electrons. The van der Waals surface area contributed by atoms with E-state index in [2.05, 4.69) is 10.0 Å². The summed E-state index contributed by atoms with van der Waals surface area (Å²) in [6.07, 6.45) is 1.91. The van der Waals surface area contributed by atoms with Crippen LogP contribution in [0.15, 0.2) is 42.1 Å². The maximum atomic E-state index is 14.5. The summed E-state index contributed by atoms with van der Waals surface area (Å²) in [7, 11) is -3.77. The van der Waals surface area contributed by atoms with Gasteiger partial charge in [-0.25, -0.2) is 12.8 Å². The maximum absolute atomic E-state index is 14.5. The van der Waals surface area contributed by atoms with Gasteiger partial charge < -0.3 is 10.2 Å². The van der Waals surface area contributed by atoms with Crippen molar-refractivity contribution < 1.29 is 22.4 Å². The van der Waals surface area contributed by atoms with Crippen LogP contribution in [0.1, 0.15) is 18.2 Å². The van der Waals surface area contributed by atoms with Crippen LogP contribution in [0.2, 0.25) is 4.34 Å². The Morgan fingerprint density at radius 3 is 2.70 bits per heavy atom. The molecule has 11 heteroatoms. The zero-order valence-electron chi connectivity index (χ0n) is 15.9. The second kappa shape index (κ2) is 9.15. The van der Waals surface area contributed by atoms with Gasteiger partial charge >= 0.3 is 0 Å². The third-order valence-electron chi connectivity index (χ3n) is 4.31. The predicted molar refractivity (Wildman–Crippen MR) is 116 cm³/mol. The molecule has 0 spiro atoms. The third-order valence-corrected chi connectivity index (χ3v) is 6.87. The van der Waals surface area contributed by atoms with Crippen LogP contribution in [-0.2, 0) is 26.0 Å². The molecule has 30 heavy (non-hydrogen) atoms. The number of anilines is 2. The molecule has 1 aliphatic heterocycles. The van der Waals surface area contributed by atoms with Crippen LogP contribution < -0.4 is 14.9 Å². The number of halogens is 2. The third kappa shape index (κ3) is 5.38. The van der Waals surface area contributed by atoms with Crippen LogP contribution in [0.4, 0.5) is 15.8 Å². The van der Waals surface area contributed by atoms with Gasteiger partial charge in [-0.15, -0.1) is 11.3 Å². The number of rotatable bonds is 8. The summed E-state index contributed by atoms with van der Waals surface area (Å²) in [6.45, 7) is 1.70. The van der Waals surface area contributed by atoms with Crippen LogP contribution >= 0.6 is 22.9 Å². The van der Waals surface area contributed by atoms with Gasteiger partial charge in [0.15, 0.2) is 0 Å². The summed E-state index contributed by atoms with van der Waals surface area (Å²) < 4.78 is 42.0. The minimum absolute atomic E-state index is 0.00632. The SMILES string of the molecule is CCC(=O)Nc1ccc(N2CC=C(NS(=O)(=O)CCc3ccc(Cl)s3)C2=O)c(F)c1. The molecule has 2 aromatic rings. The molecule has 1 aromatic heterocycles. The molecule has 1 aromatic carbocycles. The minimum atomic E-state index is -3.77. The van der Waals surface area contributed by atoms with E-state index in [-0.39, 0.29) is 48.1 Å². The van der Waals surface area contributed by atoms with E-state index in [1.807, 2.05) is 0 Å². The van der Waals surface area contributed by atoms with Crippen molar-refractivity contribution in [1.29, 1.82) is 0 Å². The molecule has 1 aliphatic rings. The molecule has 0 fully saturated rings. The number of aryl methyl sites for hydroxylation is 1. The van der Waals surface area contributed by atoms with Crippen molar-refractivity contribution in [3.8, 4) is 0 Å². The fourth-order valence-corrected chi connectivity index (χ4v) is 5.10. The van der Waals surface area contributed by atoms with Gasteiger partial charge in [0.2, 0.25) is 15.9 Å². The lowest BCUT2D eigenvalue weighted by molar-refractivity contribution is -0.116. The monoisotopic (exact) mass is 471 g/mol. The van der Waals surface area contributed by atoms with E-state index >= 15 is 0 Å². The lowest BCUT2D eigenvalue weighted by Gasteiger charge is -2.18. The van der Waals surface area contributed by atoms with Crippen LogP contribution in [-0.4, -0.2) is 32.5 Å². The number of sulfonamides is 1. The van der Waals surface area contributed by atoms with Crippen LogP contribution in [0.5, 0.6) is 0 Å². The van der Waals surface area contributed by atoms with E-state index < -0.39 is 21.7 Å². The highest BCUT2D eigenvalue weighted by Gasteiger charge is 2.29. The Morgan fingerprint density at radius 2 is 2.07 bits per heavy atom. The first-order valence-electron chi connectivity index (χ1n) is 9.04. The first kappa shape index (κ1) is 22.3. The lowest BCUT2D eigenvalue weighted by Crippen LogP contribution is -2.34. The zero-order chi connectivity index (χ0) is 21.9. The lowest BCUT2D eigenvalue weighted by atomic mass is 10.2. The van der Waals surface area contributed by atoms with Crippen molar-refractivity contribution in [2.45, 2.75) is 19.8 Å². The summed E-state index contributed by atoms with van der Waals surface area (Å²) in [4.78, 5) is 26.0. The Balaban J connectivity index is 1.64. The molecule has 0 saturated carbocycles. The van der Waals surface area contributed by atoms with Gasteiger partial charge in [0.05, 0.1) is 15.8 Å². The summed E-state index contributed by atoms with van der Waals surface area (Å²) in [5, 5.41) is 2.54. The number of hydrogen-bond acceptors (Lipinski definition) is 5. The van der Waals surface area contributed by atoms with E-state index in [1.165, 1.54) is 29.5 Å². The molecule has 0 saturated heterocycles. The predicted octanol–water partition coefficient (Wildman–Crippen LogP) is 3.28. The molecule has 2 heterocycles. The van der Waals surface area contributed by atoms with Crippen molar-refractivity contribution in [1.82, 2.24) is 4.72 Å². The first-order chi connectivity index (χ1) is 14.2. The maximum Gasteiger partial charge on any atom is 0.275 e. The highest BCUT2D eigenvalue weighted by molar-refractivity contribution is 7.89. The molecule has 7 nitrogen and oxygen atoms in total. The summed E-state index contributed by atoms with van der Waals surface area (Å²) in [5.41, 5.74) is 0.146. The minimum Gasteiger partial charge on any atom is -0.326 e. The molecular weight excluding hydrogens is 453 g/mol. The number of carbonyl (C=O) groups is 2. The van der Waals surface area contributed by atoms with Crippen LogP contribution in [0.3, 0.4) is 0 Å². The molecule has 2 N–H and O–H groups in total. The molecule has 3 rings (SSSR count). The Hall–Kier alpha value is -2.43. The number of amides is 2. The van der Waals surface area contributed by atoms with Gasteiger partial charge in [-0.3, -0.25) is 14.3 Å². The molecular formula is C19H19ClFN3O4S2. The Bertz CT molecular complexity index is 1110. The van der Waals surface area contributed by atoms with Crippen LogP contribution in [0, 0.1) is 5.82 Å². The van der Waals surface area contributed by atoms with Crippen molar-refractivity contribution in [2.24, 2.45) is 0 Å². The van der Waals surface area contributed by atoms with Gasteiger partial charge in [0.1, 0.15) is 11.5 Å². The highest BCUT2D eigenvalue weighted by Crippen LogP contribution is 2.27.